The summed E-state index contributed by atoms with van der Waals surface area (Å²) in [6.07, 6.45) is 0.443. The maximum atomic E-state index is 12.9. The second-order valence-corrected chi connectivity index (χ2v) is 7.91. The fourth-order valence-corrected chi connectivity index (χ4v) is 2.61. The van der Waals surface area contributed by atoms with Gasteiger partial charge in [0.15, 0.2) is 0 Å². The van der Waals surface area contributed by atoms with Crippen molar-refractivity contribution in [2.45, 2.75) is 78.0 Å². The first-order valence-electron chi connectivity index (χ1n) is 9.97. The summed E-state index contributed by atoms with van der Waals surface area (Å²) in [7, 11) is 0. The van der Waals surface area contributed by atoms with Gasteiger partial charge in [0.2, 0.25) is 23.6 Å². The topological polar surface area (TPSA) is 194 Å². The second kappa shape index (κ2) is 12.8. The predicted octanol–water partition coefficient (Wildman–Crippen LogP) is -1.16. The number of primary amides is 1. The number of hydrogen-bond donors (Lipinski definition) is 6. The van der Waals surface area contributed by atoms with E-state index < -0.39 is 53.8 Å². The van der Waals surface area contributed by atoms with Gasteiger partial charge in [0, 0.05) is 0 Å². The third-order valence-electron chi connectivity index (χ3n) is 4.62. The third-order valence-corrected chi connectivity index (χ3v) is 4.62. The van der Waals surface area contributed by atoms with Crippen molar-refractivity contribution in [3.8, 4) is 0 Å². The monoisotopic (exact) mass is 429 g/mol. The highest BCUT2D eigenvalue weighted by Gasteiger charge is 2.32. The number of carboxylic acid groups (broad SMARTS) is 1. The highest BCUT2D eigenvalue weighted by molar-refractivity contribution is 5.95. The van der Waals surface area contributed by atoms with Crippen LogP contribution in [0.3, 0.4) is 0 Å². The minimum Gasteiger partial charge on any atom is -0.480 e. The lowest BCUT2D eigenvalue weighted by molar-refractivity contribution is -0.142. The molecule has 5 atom stereocenters. The van der Waals surface area contributed by atoms with Gasteiger partial charge in [0.05, 0.1) is 12.5 Å². The predicted molar refractivity (Wildman–Crippen MR) is 110 cm³/mol. The van der Waals surface area contributed by atoms with Crippen LogP contribution in [0.2, 0.25) is 0 Å². The molecule has 0 aromatic rings. The number of hydrogen-bond acceptors (Lipinski definition) is 6. The molecule has 0 aliphatic rings. The van der Waals surface area contributed by atoms with E-state index in [4.69, 9.17) is 16.6 Å². The Kier molecular flexibility index (Phi) is 11.6. The van der Waals surface area contributed by atoms with Crippen LogP contribution in [0.5, 0.6) is 0 Å². The summed E-state index contributed by atoms with van der Waals surface area (Å²) in [5.41, 5.74) is 10.7. The van der Waals surface area contributed by atoms with Gasteiger partial charge in [-0.3, -0.25) is 24.0 Å². The van der Waals surface area contributed by atoms with E-state index in [2.05, 4.69) is 16.0 Å². The summed E-state index contributed by atoms with van der Waals surface area (Å²) in [6.45, 7) is 8.59. The Bertz CT molecular complexity index is 639. The van der Waals surface area contributed by atoms with Crippen LogP contribution in [0.4, 0.5) is 0 Å². The maximum Gasteiger partial charge on any atom is 0.325 e. The molecule has 0 radical (unpaired) electrons. The minimum atomic E-state index is -1.20. The molecular weight excluding hydrogens is 394 g/mol. The van der Waals surface area contributed by atoms with Crippen molar-refractivity contribution < 1.29 is 29.1 Å². The van der Waals surface area contributed by atoms with Crippen LogP contribution in [0.25, 0.3) is 0 Å². The number of nitrogens with two attached hydrogens (primary N) is 2. The lowest BCUT2D eigenvalue weighted by Crippen LogP contribution is -2.58. The third kappa shape index (κ3) is 9.68. The number of aliphatic carboxylic acids is 1. The Morgan fingerprint density at radius 2 is 1.47 bits per heavy atom. The molecule has 8 N–H and O–H groups in total. The summed E-state index contributed by atoms with van der Waals surface area (Å²) in [5, 5.41) is 16.5. The smallest absolute Gasteiger partial charge is 0.325 e. The van der Waals surface area contributed by atoms with E-state index in [0.717, 1.165) is 0 Å². The molecule has 0 saturated carbocycles. The molecule has 4 amide bonds. The molecule has 11 nitrogen and oxygen atoms in total. The average Bonchev–Trinajstić information content (AvgIpc) is 2.63. The quantitative estimate of drug-likeness (QED) is 0.212. The van der Waals surface area contributed by atoms with E-state index in [1.54, 1.807) is 6.92 Å². The Hall–Kier alpha value is -2.69. The number of carboxylic acids is 1. The molecule has 0 saturated heterocycles. The summed E-state index contributed by atoms with van der Waals surface area (Å²) in [6, 6.07) is -4.31. The first kappa shape index (κ1) is 27.3. The van der Waals surface area contributed by atoms with Gasteiger partial charge >= 0.3 is 5.97 Å². The lowest BCUT2D eigenvalue weighted by atomic mass is 9.96. The Morgan fingerprint density at radius 1 is 0.900 bits per heavy atom. The van der Waals surface area contributed by atoms with Crippen molar-refractivity contribution in [3.05, 3.63) is 0 Å². The van der Waals surface area contributed by atoms with E-state index in [9.17, 15) is 24.0 Å². The van der Waals surface area contributed by atoms with Crippen LogP contribution in [0, 0.1) is 11.8 Å². The highest BCUT2D eigenvalue weighted by Crippen LogP contribution is 2.11. The van der Waals surface area contributed by atoms with Gasteiger partial charge in [-0.25, -0.2) is 0 Å². The van der Waals surface area contributed by atoms with Crippen molar-refractivity contribution in [1.29, 1.82) is 0 Å². The Balaban J connectivity index is 5.42. The zero-order chi connectivity index (χ0) is 23.6. The standard InChI is InChI=1S/C19H35N5O6/c1-6-10(4)15(18(28)22-11(5)19(29)30)24-17(27)13(7-9(2)3)23-16(26)12(20)8-14(21)25/h9-13,15H,6-8,20H2,1-5H3,(H2,21,25)(H,22,28)(H,23,26)(H,24,27)(H,29,30). The Labute approximate surface area is 176 Å². The van der Waals surface area contributed by atoms with Gasteiger partial charge < -0.3 is 32.5 Å². The molecule has 0 heterocycles. The molecule has 0 aliphatic carbocycles. The number of carbonyl (C=O) groups is 5. The van der Waals surface area contributed by atoms with Crippen LogP contribution in [-0.4, -0.2) is 58.9 Å². The fourth-order valence-electron chi connectivity index (χ4n) is 2.61. The molecule has 172 valence electrons. The van der Waals surface area contributed by atoms with Crippen molar-refractivity contribution >= 4 is 29.6 Å². The number of carbonyl (C=O) groups excluding carboxylic acids is 4. The zero-order valence-corrected chi connectivity index (χ0v) is 18.2. The fraction of sp³-hybridized carbons (Fsp3) is 0.737. The lowest BCUT2D eigenvalue weighted by Gasteiger charge is -2.28. The van der Waals surface area contributed by atoms with Crippen molar-refractivity contribution in [1.82, 2.24) is 16.0 Å². The van der Waals surface area contributed by atoms with Crippen LogP contribution < -0.4 is 27.4 Å². The number of amides is 4. The van der Waals surface area contributed by atoms with Crippen LogP contribution in [-0.2, 0) is 24.0 Å². The molecule has 0 fully saturated rings. The first-order chi connectivity index (χ1) is 13.8. The molecule has 5 unspecified atom stereocenters. The van der Waals surface area contributed by atoms with Crippen molar-refractivity contribution in [2.75, 3.05) is 0 Å². The molecular formula is C19H35N5O6. The van der Waals surface area contributed by atoms with Crippen LogP contribution in [0.1, 0.15) is 53.9 Å². The summed E-state index contributed by atoms with van der Waals surface area (Å²) >= 11 is 0. The molecule has 11 heteroatoms. The summed E-state index contributed by atoms with van der Waals surface area (Å²) < 4.78 is 0. The zero-order valence-electron chi connectivity index (χ0n) is 18.2. The SMILES string of the molecule is CCC(C)C(NC(=O)C(CC(C)C)NC(=O)C(N)CC(N)=O)C(=O)NC(C)C(=O)O. The maximum absolute atomic E-state index is 12.9. The van der Waals surface area contributed by atoms with E-state index in [1.165, 1.54) is 6.92 Å². The van der Waals surface area contributed by atoms with E-state index in [1.807, 2.05) is 20.8 Å². The van der Waals surface area contributed by atoms with Gasteiger partial charge in [0.1, 0.15) is 18.1 Å². The molecule has 30 heavy (non-hydrogen) atoms. The van der Waals surface area contributed by atoms with Crippen molar-refractivity contribution in [3.63, 3.8) is 0 Å². The van der Waals surface area contributed by atoms with Gasteiger partial charge in [-0.15, -0.1) is 0 Å². The van der Waals surface area contributed by atoms with Crippen LogP contribution in [0.15, 0.2) is 0 Å². The van der Waals surface area contributed by atoms with Gasteiger partial charge in [-0.05, 0) is 25.2 Å². The molecule has 0 aromatic heterocycles. The van der Waals surface area contributed by atoms with Gasteiger partial charge in [0.25, 0.3) is 0 Å². The largest absolute Gasteiger partial charge is 0.480 e. The summed E-state index contributed by atoms with van der Waals surface area (Å²) in [4.78, 5) is 59.6. The molecule has 0 spiro atoms. The highest BCUT2D eigenvalue weighted by atomic mass is 16.4. The molecule has 0 rings (SSSR count). The first-order valence-corrected chi connectivity index (χ1v) is 9.97. The summed E-state index contributed by atoms with van der Waals surface area (Å²) in [5.74, 6) is -4.16. The number of rotatable bonds is 13. The normalized spacial score (nSPS) is 16.0. The molecule has 0 aromatic carbocycles. The second-order valence-electron chi connectivity index (χ2n) is 7.91. The molecule has 0 aliphatic heterocycles. The molecule has 0 bridgehead atoms. The minimum absolute atomic E-state index is 0.0244. The van der Waals surface area contributed by atoms with E-state index >= 15 is 0 Å². The number of nitrogens with one attached hydrogen (secondary N) is 3. The van der Waals surface area contributed by atoms with Crippen LogP contribution >= 0.6 is 0 Å². The average molecular weight is 430 g/mol. The van der Waals surface area contributed by atoms with E-state index in [-0.39, 0.29) is 24.7 Å². The Morgan fingerprint density at radius 3 is 1.90 bits per heavy atom. The van der Waals surface area contributed by atoms with Crippen molar-refractivity contribution in [2.24, 2.45) is 23.3 Å². The van der Waals surface area contributed by atoms with Gasteiger partial charge in [-0.1, -0.05) is 34.1 Å². The van der Waals surface area contributed by atoms with E-state index in [0.29, 0.717) is 6.42 Å². The van der Waals surface area contributed by atoms with Gasteiger partial charge in [-0.2, -0.15) is 0 Å².